The average molecular weight is 966 g/mol. The van der Waals surface area contributed by atoms with Gasteiger partial charge < -0.3 is 19.5 Å². The number of ether oxygens (including phenoxy) is 2. The maximum Gasteiger partial charge on any atom is 0.303 e. The van der Waals surface area contributed by atoms with Crippen molar-refractivity contribution in [3.8, 4) is 0 Å². The fourth-order valence-corrected chi connectivity index (χ4v) is 11.7. The van der Waals surface area contributed by atoms with E-state index in [2.05, 4.69) is 0 Å². The monoisotopic (exact) mass is 965 g/mol. The van der Waals surface area contributed by atoms with Crippen LogP contribution in [0, 0.1) is 0 Å². The summed E-state index contributed by atoms with van der Waals surface area (Å²) >= 11 is 0. The highest BCUT2D eigenvalue weighted by molar-refractivity contribution is 7.87. The molecular formula is C42H49N2O16S4+. The number of hydrogen-bond acceptors (Lipinski definition) is 12. The van der Waals surface area contributed by atoms with Crippen LogP contribution in [0.25, 0.3) is 21.5 Å². The molecule has 6 rings (SSSR count). The highest BCUT2D eigenvalue weighted by Gasteiger charge is 2.47. The Morgan fingerprint density at radius 3 is 1.77 bits per heavy atom. The van der Waals surface area contributed by atoms with Crippen LogP contribution >= 0.6 is 0 Å². The first-order valence-corrected chi connectivity index (χ1v) is 25.6. The lowest BCUT2D eigenvalue weighted by molar-refractivity contribution is -0.441. The predicted molar refractivity (Wildman–Crippen MR) is 236 cm³/mol. The molecular weight excluding hydrogens is 917 g/mol. The van der Waals surface area contributed by atoms with E-state index >= 15 is 0 Å². The molecule has 64 heavy (non-hydrogen) atoms. The maximum absolute atomic E-state index is 12.7. The van der Waals surface area contributed by atoms with Crippen LogP contribution in [0.3, 0.4) is 0 Å². The van der Waals surface area contributed by atoms with E-state index in [0.717, 1.165) is 12.1 Å². The smallest absolute Gasteiger partial charge is 0.303 e. The zero-order valence-electron chi connectivity index (χ0n) is 35.5. The minimum absolute atomic E-state index is 0.00756. The third-order valence-electron chi connectivity index (χ3n) is 11.9. The number of carboxylic acids is 1. The van der Waals surface area contributed by atoms with Gasteiger partial charge in [0.25, 0.3) is 40.5 Å². The van der Waals surface area contributed by atoms with Crippen molar-refractivity contribution < 1.29 is 75.8 Å². The normalized spacial score (nSPS) is 18.5. The third kappa shape index (κ3) is 9.26. The number of unbranched alkanes of at least 4 members (excludes halogenated alkanes) is 2. The number of hydrogen-bond donors (Lipinski definition) is 5. The molecule has 1 atom stereocenters. The van der Waals surface area contributed by atoms with Gasteiger partial charge in [-0.3, -0.25) is 23.0 Å². The van der Waals surface area contributed by atoms with Crippen molar-refractivity contribution >= 4 is 85.1 Å². The van der Waals surface area contributed by atoms with Gasteiger partial charge in [0.2, 0.25) is 5.69 Å². The molecule has 0 bridgehead atoms. The SMILES string of the molecule is COCC[N+]1=C(/C=C/C=C2/N(CCCCCC(=O)O)c3ccc4c(S(=O)(=O)O)cc(S(=O)(=O)O)cc4c3C2(C)CCOC)C(C)(C)c2c1ccc1c(S(=O)(=O)O)cc(S(=O)(=O)O)cc21. The number of aliphatic carboxylic acids is 1. The van der Waals surface area contributed by atoms with E-state index in [0.29, 0.717) is 71.9 Å². The summed E-state index contributed by atoms with van der Waals surface area (Å²) in [6, 6.07) is 9.85. The molecule has 0 spiro atoms. The average Bonchev–Trinajstić information content (AvgIpc) is 3.56. The molecule has 0 saturated heterocycles. The van der Waals surface area contributed by atoms with Crippen molar-refractivity contribution in [3.63, 3.8) is 0 Å². The van der Waals surface area contributed by atoms with E-state index in [1.54, 1.807) is 24.3 Å². The molecule has 1 unspecified atom stereocenters. The second-order valence-corrected chi connectivity index (χ2v) is 22.0. The first-order valence-electron chi connectivity index (χ1n) is 19.8. The summed E-state index contributed by atoms with van der Waals surface area (Å²) in [5.41, 5.74) is 1.28. The Morgan fingerprint density at radius 2 is 1.25 bits per heavy atom. The topological polar surface area (TPSA) is 279 Å². The summed E-state index contributed by atoms with van der Waals surface area (Å²) in [5, 5.41) is 9.52. The number of nitrogens with zero attached hydrogens (tertiary/aromatic N) is 2. The van der Waals surface area contributed by atoms with E-state index in [9.17, 15) is 61.8 Å². The lowest BCUT2D eigenvalue weighted by atomic mass is 9.76. The van der Waals surface area contributed by atoms with E-state index in [4.69, 9.17) is 9.47 Å². The van der Waals surface area contributed by atoms with Crippen molar-refractivity contribution in [2.24, 2.45) is 0 Å². The summed E-state index contributed by atoms with van der Waals surface area (Å²) in [7, 11) is -17.0. The second kappa shape index (κ2) is 17.6. The molecule has 0 fully saturated rings. The van der Waals surface area contributed by atoms with Crippen LogP contribution < -0.4 is 4.90 Å². The minimum Gasteiger partial charge on any atom is -0.481 e. The summed E-state index contributed by atoms with van der Waals surface area (Å²) in [6.07, 6.45) is 7.01. The van der Waals surface area contributed by atoms with Crippen molar-refractivity contribution in [3.05, 3.63) is 83.6 Å². The standard InChI is InChI=1S/C42H48N2O16S4/c1-41(2)36(44(19-21-60-5)32-15-13-28-30(39(32)41)22-26(61(47,48)49)24-34(28)63(53,54)55)10-9-11-37-42(3,17-20-59-4)40-31-23-27(62(50,51)52)25-35(64(56,57)58)29(31)14-16-33(40)43(37)18-8-6-7-12-38(45)46/h9-11,13-16,22-25H,6-8,12,17-21H2,1-5H3,(H4-,45,46,47,48,49,50,51,52,53,54,55,56,57,58)/p+1. The highest BCUT2D eigenvalue weighted by atomic mass is 32.2. The molecule has 22 heteroatoms. The number of methoxy groups -OCH3 is 2. The van der Waals surface area contributed by atoms with Gasteiger partial charge in [0.1, 0.15) is 16.4 Å². The van der Waals surface area contributed by atoms with Gasteiger partial charge in [0, 0.05) is 79.1 Å². The van der Waals surface area contributed by atoms with Gasteiger partial charge >= 0.3 is 5.97 Å². The van der Waals surface area contributed by atoms with Crippen molar-refractivity contribution in [1.29, 1.82) is 0 Å². The molecule has 0 saturated carbocycles. The van der Waals surface area contributed by atoms with Crippen LogP contribution in [0.15, 0.2) is 92.0 Å². The van der Waals surface area contributed by atoms with E-state index in [1.165, 1.54) is 26.4 Å². The number of rotatable bonds is 18. The molecule has 2 heterocycles. The van der Waals surface area contributed by atoms with E-state index < -0.39 is 76.9 Å². The fraction of sp³-hybridized carbons (Fsp3) is 0.381. The fourth-order valence-electron chi connectivity index (χ4n) is 9.04. The number of carboxylic acid groups (broad SMARTS) is 1. The van der Waals surface area contributed by atoms with Gasteiger partial charge in [-0.15, -0.1) is 0 Å². The first kappa shape index (κ1) is 48.8. The summed E-state index contributed by atoms with van der Waals surface area (Å²) in [4.78, 5) is 10.3. The Hall–Kier alpha value is -4.62. The zero-order valence-corrected chi connectivity index (χ0v) is 38.7. The van der Waals surface area contributed by atoms with Crippen LogP contribution in [-0.4, -0.2) is 114 Å². The summed E-state index contributed by atoms with van der Waals surface area (Å²) < 4.78 is 154. The van der Waals surface area contributed by atoms with Crippen LogP contribution in [0.5, 0.6) is 0 Å². The highest BCUT2D eigenvalue weighted by Crippen LogP contribution is 2.54. The molecule has 4 aromatic carbocycles. The number of allylic oxidation sites excluding steroid dienone is 4. The molecule has 0 aliphatic carbocycles. The lowest BCUT2D eigenvalue weighted by Crippen LogP contribution is -2.31. The van der Waals surface area contributed by atoms with Gasteiger partial charge in [-0.05, 0) is 98.8 Å². The predicted octanol–water partition coefficient (Wildman–Crippen LogP) is 5.90. The van der Waals surface area contributed by atoms with Gasteiger partial charge in [0.05, 0.1) is 15.2 Å². The molecule has 18 nitrogen and oxygen atoms in total. The van der Waals surface area contributed by atoms with Gasteiger partial charge in [-0.1, -0.05) is 18.6 Å². The van der Waals surface area contributed by atoms with Crippen LogP contribution in [-0.2, 0) is 65.6 Å². The van der Waals surface area contributed by atoms with Gasteiger partial charge in [-0.25, -0.2) is 0 Å². The number of carbonyl (C=O) groups is 1. The van der Waals surface area contributed by atoms with Crippen LogP contribution in [0.1, 0.15) is 64.0 Å². The number of fused-ring (bicyclic) bond motifs is 6. The van der Waals surface area contributed by atoms with Crippen molar-refractivity contribution in [2.75, 3.05) is 45.4 Å². The van der Waals surface area contributed by atoms with Crippen molar-refractivity contribution in [2.45, 2.75) is 83.3 Å². The molecule has 0 aromatic heterocycles. The molecule has 2 aliphatic heterocycles. The Balaban J connectivity index is 1.60. The largest absolute Gasteiger partial charge is 0.481 e. The quantitative estimate of drug-likeness (QED) is 0.0441. The third-order valence-corrected chi connectivity index (χ3v) is 15.4. The minimum atomic E-state index is -5.03. The second-order valence-electron chi connectivity index (χ2n) is 16.3. The number of anilines is 1. The molecule has 2 aliphatic rings. The first-order chi connectivity index (χ1) is 29.7. The maximum atomic E-state index is 12.7. The molecule has 4 aromatic rings. The Bertz CT molecular complexity index is 3140. The lowest BCUT2D eigenvalue weighted by Gasteiger charge is -2.30. The number of benzene rings is 4. The van der Waals surface area contributed by atoms with Crippen molar-refractivity contribution in [1.82, 2.24) is 0 Å². The Kier molecular flexibility index (Phi) is 13.5. The van der Waals surface area contributed by atoms with Gasteiger partial charge in [-0.2, -0.15) is 38.2 Å². The van der Waals surface area contributed by atoms with E-state index in [1.807, 2.05) is 36.3 Å². The zero-order chi connectivity index (χ0) is 47.4. The summed E-state index contributed by atoms with van der Waals surface area (Å²) in [5.74, 6) is -0.945. The van der Waals surface area contributed by atoms with Crippen LogP contribution in [0.2, 0.25) is 0 Å². The molecule has 346 valence electrons. The summed E-state index contributed by atoms with van der Waals surface area (Å²) in [6.45, 7) is 6.52. The Labute approximate surface area is 371 Å². The molecule has 0 amide bonds. The molecule has 0 radical (unpaired) electrons. The van der Waals surface area contributed by atoms with Crippen LogP contribution in [0.4, 0.5) is 11.4 Å². The van der Waals surface area contributed by atoms with E-state index in [-0.39, 0.29) is 54.1 Å². The molecule has 5 N–H and O–H groups in total. The van der Waals surface area contributed by atoms with Gasteiger partial charge in [0.15, 0.2) is 12.3 Å². The Morgan fingerprint density at radius 1 is 0.703 bits per heavy atom.